The second-order valence-electron chi connectivity index (χ2n) is 5.54. The first-order chi connectivity index (χ1) is 12.7. The average molecular weight is 360 g/mol. The van der Waals surface area contributed by atoms with Gasteiger partial charge in [-0.1, -0.05) is 0 Å². The Morgan fingerprint density at radius 1 is 1.08 bits per heavy atom. The SMILES string of the molecule is CCOc1c(OC)cc(CNC(=NC)NCCn2cccc2)cc1OC. The zero-order chi connectivity index (χ0) is 18.8. The summed E-state index contributed by atoms with van der Waals surface area (Å²) in [4.78, 5) is 4.25. The summed E-state index contributed by atoms with van der Waals surface area (Å²) in [5, 5.41) is 6.60. The first kappa shape index (κ1) is 19.5. The number of hydrogen-bond donors (Lipinski definition) is 2. The molecule has 7 heteroatoms. The predicted octanol–water partition coefficient (Wildman–Crippen LogP) is 2.27. The van der Waals surface area contributed by atoms with E-state index in [1.165, 1.54) is 0 Å². The lowest BCUT2D eigenvalue weighted by molar-refractivity contribution is 0.288. The molecule has 0 aliphatic carbocycles. The van der Waals surface area contributed by atoms with Crippen molar-refractivity contribution in [3.63, 3.8) is 0 Å². The topological polar surface area (TPSA) is 69.0 Å². The summed E-state index contributed by atoms with van der Waals surface area (Å²) < 4.78 is 18.6. The lowest BCUT2D eigenvalue weighted by atomic mass is 10.2. The molecule has 1 aromatic heterocycles. The third-order valence-corrected chi connectivity index (χ3v) is 3.82. The van der Waals surface area contributed by atoms with Gasteiger partial charge in [-0.2, -0.15) is 0 Å². The highest BCUT2D eigenvalue weighted by Crippen LogP contribution is 2.38. The Balaban J connectivity index is 1.95. The number of methoxy groups -OCH3 is 2. The Labute approximate surface area is 155 Å². The fourth-order valence-corrected chi connectivity index (χ4v) is 2.55. The van der Waals surface area contributed by atoms with Gasteiger partial charge >= 0.3 is 0 Å². The van der Waals surface area contributed by atoms with Crippen LogP contribution < -0.4 is 24.8 Å². The normalized spacial score (nSPS) is 11.2. The van der Waals surface area contributed by atoms with E-state index in [4.69, 9.17) is 14.2 Å². The Kier molecular flexibility index (Phi) is 7.67. The molecule has 2 aromatic rings. The Morgan fingerprint density at radius 3 is 2.27 bits per heavy atom. The molecule has 0 saturated heterocycles. The molecule has 0 spiro atoms. The molecule has 2 rings (SSSR count). The van der Waals surface area contributed by atoms with Crippen molar-refractivity contribution in [2.45, 2.75) is 20.0 Å². The van der Waals surface area contributed by atoms with Gasteiger partial charge in [0.2, 0.25) is 5.75 Å². The molecule has 0 unspecified atom stereocenters. The second-order valence-corrected chi connectivity index (χ2v) is 5.54. The number of aliphatic imine (C=N–C) groups is 1. The summed E-state index contributed by atoms with van der Waals surface area (Å²) in [5.41, 5.74) is 1.01. The molecule has 0 amide bonds. The van der Waals surface area contributed by atoms with E-state index in [9.17, 15) is 0 Å². The highest BCUT2D eigenvalue weighted by molar-refractivity contribution is 5.79. The third kappa shape index (κ3) is 5.34. The molecule has 142 valence electrons. The van der Waals surface area contributed by atoms with Crippen LogP contribution in [-0.4, -0.2) is 44.9 Å². The highest BCUT2D eigenvalue weighted by atomic mass is 16.5. The molecule has 7 nitrogen and oxygen atoms in total. The fraction of sp³-hybridized carbons (Fsp3) is 0.421. The number of nitrogens with zero attached hydrogens (tertiary/aromatic N) is 2. The van der Waals surface area contributed by atoms with Gasteiger partial charge in [-0.15, -0.1) is 0 Å². The summed E-state index contributed by atoms with van der Waals surface area (Å²) in [7, 11) is 5.00. The van der Waals surface area contributed by atoms with Gasteiger partial charge in [0.1, 0.15) is 0 Å². The van der Waals surface area contributed by atoms with E-state index in [1.807, 2.05) is 43.6 Å². The van der Waals surface area contributed by atoms with Crippen LogP contribution in [0.1, 0.15) is 12.5 Å². The molecule has 1 heterocycles. The lowest BCUT2D eigenvalue weighted by Gasteiger charge is -2.16. The molecule has 0 bridgehead atoms. The monoisotopic (exact) mass is 360 g/mol. The maximum absolute atomic E-state index is 5.63. The van der Waals surface area contributed by atoms with Crippen molar-refractivity contribution in [3.05, 3.63) is 42.2 Å². The molecule has 26 heavy (non-hydrogen) atoms. The molecular formula is C19H28N4O3. The molecule has 1 aromatic carbocycles. The zero-order valence-electron chi connectivity index (χ0n) is 15.9. The van der Waals surface area contributed by atoms with Crippen molar-refractivity contribution in [1.29, 1.82) is 0 Å². The molecule has 2 N–H and O–H groups in total. The summed E-state index contributed by atoms with van der Waals surface area (Å²) in [6.07, 6.45) is 4.08. The maximum Gasteiger partial charge on any atom is 0.203 e. The van der Waals surface area contributed by atoms with Crippen LogP contribution in [0.5, 0.6) is 17.2 Å². The maximum atomic E-state index is 5.63. The predicted molar refractivity (Wildman–Crippen MR) is 103 cm³/mol. The third-order valence-electron chi connectivity index (χ3n) is 3.82. The van der Waals surface area contributed by atoms with Crippen LogP contribution >= 0.6 is 0 Å². The van der Waals surface area contributed by atoms with E-state index in [0.29, 0.717) is 30.4 Å². The Morgan fingerprint density at radius 2 is 1.73 bits per heavy atom. The van der Waals surface area contributed by atoms with Crippen molar-refractivity contribution in [2.75, 3.05) is 34.4 Å². The summed E-state index contributed by atoms with van der Waals surface area (Å²) in [6.45, 7) is 4.71. The van der Waals surface area contributed by atoms with E-state index in [2.05, 4.69) is 20.2 Å². The zero-order valence-corrected chi connectivity index (χ0v) is 15.9. The van der Waals surface area contributed by atoms with E-state index in [1.54, 1.807) is 21.3 Å². The van der Waals surface area contributed by atoms with Gasteiger partial charge in [0.15, 0.2) is 17.5 Å². The number of ether oxygens (including phenoxy) is 3. The summed E-state index contributed by atoms with van der Waals surface area (Å²) >= 11 is 0. The van der Waals surface area contributed by atoms with Gasteiger partial charge in [-0.05, 0) is 36.8 Å². The molecular weight excluding hydrogens is 332 g/mol. The van der Waals surface area contributed by atoms with E-state index >= 15 is 0 Å². The van der Waals surface area contributed by atoms with Crippen molar-refractivity contribution < 1.29 is 14.2 Å². The Bertz CT molecular complexity index is 674. The number of guanidine groups is 1. The van der Waals surface area contributed by atoms with E-state index in [0.717, 1.165) is 24.6 Å². The Hall–Kier alpha value is -2.83. The van der Waals surface area contributed by atoms with Crippen LogP contribution in [0.15, 0.2) is 41.7 Å². The summed E-state index contributed by atoms with van der Waals surface area (Å²) in [5.74, 6) is 2.66. The van der Waals surface area contributed by atoms with E-state index < -0.39 is 0 Å². The average Bonchev–Trinajstić information content (AvgIpc) is 3.18. The molecule has 0 radical (unpaired) electrons. The quantitative estimate of drug-likeness (QED) is 0.530. The second kappa shape index (κ2) is 10.2. The van der Waals surface area contributed by atoms with Crippen LogP contribution in [0, 0.1) is 0 Å². The first-order valence-electron chi connectivity index (χ1n) is 8.64. The van der Waals surface area contributed by atoms with Crippen LogP contribution in [0.25, 0.3) is 0 Å². The minimum atomic E-state index is 0.544. The summed E-state index contributed by atoms with van der Waals surface area (Å²) in [6, 6.07) is 7.90. The van der Waals surface area contributed by atoms with Crippen LogP contribution in [-0.2, 0) is 13.1 Å². The van der Waals surface area contributed by atoms with Crippen LogP contribution in [0.3, 0.4) is 0 Å². The fourth-order valence-electron chi connectivity index (χ4n) is 2.55. The van der Waals surface area contributed by atoms with Crippen LogP contribution in [0.4, 0.5) is 0 Å². The minimum absolute atomic E-state index is 0.544. The molecule has 0 aliphatic rings. The van der Waals surface area contributed by atoms with Gasteiger partial charge < -0.3 is 29.4 Å². The lowest BCUT2D eigenvalue weighted by Crippen LogP contribution is -2.38. The number of hydrogen-bond acceptors (Lipinski definition) is 4. The van der Waals surface area contributed by atoms with E-state index in [-0.39, 0.29) is 0 Å². The number of nitrogens with one attached hydrogen (secondary N) is 2. The van der Waals surface area contributed by atoms with Crippen molar-refractivity contribution in [2.24, 2.45) is 4.99 Å². The van der Waals surface area contributed by atoms with Gasteiger partial charge in [0.05, 0.1) is 20.8 Å². The number of benzene rings is 1. The molecule has 0 saturated carbocycles. The van der Waals surface area contributed by atoms with Gasteiger partial charge in [-0.25, -0.2) is 0 Å². The van der Waals surface area contributed by atoms with Gasteiger partial charge in [0, 0.05) is 39.1 Å². The van der Waals surface area contributed by atoms with Crippen LogP contribution in [0.2, 0.25) is 0 Å². The molecule has 0 fully saturated rings. The number of rotatable bonds is 9. The standard InChI is InChI=1S/C19H28N4O3/c1-5-26-18-16(24-3)12-15(13-17(18)25-4)14-22-19(20-2)21-8-11-23-9-6-7-10-23/h6-7,9-10,12-13H,5,8,11,14H2,1-4H3,(H2,20,21,22). The highest BCUT2D eigenvalue weighted by Gasteiger charge is 2.14. The van der Waals surface area contributed by atoms with Gasteiger partial charge in [0.25, 0.3) is 0 Å². The smallest absolute Gasteiger partial charge is 0.203 e. The number of aromatic nitrogens is 1. The van der Waals surface area contributed by atoms with Gasteiger partial charge in [-0.3, -0.25) is 4.99 Å². The molecule has 0 aliphatic heterocycles. The first-order valence-corrected chi connectivity index (χ1v) is 8.64. The minimum Gasteiger partial charge on any atom is -0.493 e. The largest absolute Gasteiger partial charge is 0.493 e. The molecule has 0 atom stereocenters. The van der Waals surface area contributed by atoms with Crippen molar-refractivity contribution >= 4 is 5.96 Å². The van der Waals surface area contributed by atoms with Crippen molar-refractivity contribution in [3.8, 4) is 17.2 Å². The van der Waals surface area contributed by atoms with Crippen molar-refractivity contribution in [1.82, 2.24) is 15.2 Å².